The Bertz CT molecular complexity index is 1230. The third-order valence-electron chi connectivity index (χ3n) is 4.69. The number of anilines is 1. The number of fused-ring (bicyclic) bond motifs is 3. The Morgan fingerprint density at radius 2 is 1.93 bits per heavy atom. The van der Waals surface area contributed by atoms with Crippen molar-refractivity contribution in [3.05, 3.63) is 77.0 Å². The second-order valence-electron chi connectivity index (χ2n) is 6.77. The highest BCUT2D eigenvalue weighted by molar-refractivity contribution is 6.31. The molecule has 3 aromatic carbocycles. The summed E-state index contributed by atoms with van der Waals surface area (Å²) >= 11 is 6.05. The van der Waals surface area contributed by atoms with Crippen LogP contribution in [0.4, 0.5) is 5.69 Å². The predicted molar refractivity (Wildman–Crippen MR) is 113 cm³/mol. The number of aryl methyl sites for hydroxylation is 1. The number of furan rings is 1. The first-order chi connectivity index (χ1) is 14.0. The molecule has 1 aromatic heterocycles. The van der Waals surface area contributed by atoms with Gasteiger partial charge < -0.3 is 14.5 Å². The van der Waals surface area contributed by atoms with Gasteiger partial charge in [-0.2, -0.15) is 0 Å². The summed E-state index contributed by atoms with van der Waals surface area (Å²) in [6, 6.07) is 17.0. The van der Waals surface area contributed by atoms with Gasteiger partial charge in [-0.25, -0.2) is 0 Å². The summed E-state index contributed by atoms with van der Waals surface area (Å²) in [5.41, 5.74) is 2.90. The van der Waals surface area contributed by atoms with Gasteiger partial charge in [-0.3, -0.25) is 9.59 Å². The van der Waals surface area contributed by atoms with E-state index in [-0.39, 0.29) is 13.0 Å². The van der Waals surface area contributed by atoms with E-state index in [1.165, 1.54) is 0 Å². The molecular formula is C23H18ClNO4. The van der Waals surface area contributed by atoms with E-state index in [9.17, 15) is 9.59 Å². The fourth-order valence-corrected chi connectivity index (χ4v) is 3.41. The minimum atomic E-state index is -0.502. The van der Waals surface area contributed by atoms with Crippen molar-refractivity contribution in [2.24, 2.45) is 0 Å². The standard InChI is InChI=1S/C23H18ClNO4/c1-14-6-8-17(11-19(14)24)25-21(26)13-29-22(27)10-16-12-28-20-9-7-15-4-2-3-5-18(15)23(16)20/h2-9,11-12H,10,13H2,1H3,(H,25,26). The highest BCUT2D eigenvalue weighted by Gasteiger charge is 2.15. The molecule has 0 unspecified atom stereocenters. The lowest BCUT2D eigenvalue weighted by atomic mass is 10.0. The van der Waals surface area contributed by atoms with Gasteiger partial charge in [0.25, 0.3) is 5.91 Å². The van der Waals surface area contributed by atoms with Gasteiger partial charge in [0.05, 0.1) is 12.7 Å². The van der Waals surface area contributed by atoms with Crippen molar-refractivity contribution in [1.82, 2.24) is 0 Å². The van der Waals surface area contributed by atoms with Crippen molar-refractivity contribution in [2.45, 2.75) is 13.3 Å². The van der Waals surface area contributed by atoms with Gasteiger partial charge in [0.15, 0.2) is 6.61 Å². The van der Waals surface area contributed by atoms with E-state index in [4.69, 9.17) is 20.8 Å². The van der Waals surface area contributed by atoms with Crippen molar-refractivity contribution in [1.29, 1.82) is 0 Å². The molecule has 1 N–H and O–H groups in total. The van der Waals surface area contributed by atoms with E-state index in [1.54, 1.807) is 24.5 Å². The fourth-order valence-electron chi connectivity index (χ4n) is 3.22. The topological polar surface area (TPSA) is 68.5 Å². The Morgan fingerprint density at radius 3 is 2.76 bits per heavy atom. The van der Waals surface area contributed by atoms with Gasteiger partial charge in [-0.15, -0.1) is 0 Å². The Labute approximate surface area is 172 Å². The first-order valence-corrected chi connectivity index (χ1v) is 9.48. The first-order valence-electron chi connectivity index (χ1n) is 9.11. The Morgan fingerprint density at radius 1 is 1.10 bits per heavy atom. The molecule has 0 bridgehead atoms. The van der Waals surface area contributed by atoms with Gasteiger partial charge in [0.2, 0.25) is 0 Å². The first kappa shape index (κ1) is 19.0. The van der Waals surface area contributed by atoms with Crippen LogP contribution in [0.5, 0.6) is 0 Å². The number of carbonyl (C=O) groups is 2. The molecule has 29 heavy (non-hydrogen) atoms. The van der Waals surface area contributed by atoms with Crippen LogP contribution >= 0.6 is 11.6 Å². The molecule has 5 nitrogen and oxygen atoms in total. The number of amides is 1. The van der Waals surface area contributed by atoms with Crippen molar-refractivity contribution >= 4 is 50.9 Å². The van der Waals surface area contributed by atoms with E-state index in [2.05, 4.69) is 5.32 Å². The smallest absolute Gasteiger partial charge is 0.310 e. The monoisotopic (exact) mass is 407 g/mol. The average molecular weight is 408 g/mol. The van der Waals surface area contributed by atoms with Gasteiger partial charge in [-0.1, -0.05) is 48.0 Å². The normalized spacial score (nSPS) is 11.0. The molecule has 4 aromatic rings. The third-order valence-corrected chi connectivity index (χ3v) is 5.10. The van der Waals surface area contributed by atoms with Gasteiger partial charge >= 0.3 is 5.97 Å². The van der Waals surface area contributed by atoms with Crippen LogP contribution in [0.1, 0.15) is 11.1 Å². The average Bonchev–Trinajstić information content (AvgIpc) is 3.12. The Balaban J connectivity index is 1.41. The van der Waals surface area contributed by atoms with Crippen LogP contribution in [0.3, 0.4) is 0 Å². The van der Waals surface area contributed by atoms with Crippen LogP contribution in [0.15, 0.2) is 65.3 Å². The van der Waals surface area contributed by atoms with Gasteiger partial charge in [0.1, 0.15) is 5.58 Å². The SMILES string of the molecule is Cc1ccc(NC(=O)COC(=O)Cc2coc3ccc4ccccc4c23)cc1Cl. The minimum Gasteiger partial charge on any atom is -0.464 e. The highest BCUT2D eigenvalue weighted by Crippen LogP contribution is 2.30. The highest BCUT2D eigenvalue weighted by atomic mass is 35.5. The number of esters is 1. The van der Waals surface area contributed by atoms with Crippen molar-refractivity contribution in [3.8, 4) is 0 Å². The largest absolute Gasteiger partial charge is 0.464 e. The van der Waals surface area contributed by atoms with Crippen molar-refractivity contribution in [3.63, 3.8) is 0 Å². The van der Waals surface area contributed by atoms with Crippen LogP contribution in [-0.4, -0.2) is 18.5 Å². The molecule has 0 fully saturated rings. The molecule has 4 rings (SSSR count). The zero-order valence-corrected chi connectivity index (χ0v) is 16.5. The maximum absolute atomic E-state index is 12.3. The molecule has 0 aliphatic carbocycles. The molecule has 0 radical (unpaired) electrons. The molecule has 1 heterocycles. The second-order valence-corrected chi connectivity index (χ2v) is 7.18. The molecular weight excluding hydrogens is 390 g/mol. The Kier molecular flexibility index (Phi) is 5.23. The van der Waals surface area contributed by atoms with E-state index < -0.39 is 11.9 Å². The number of halogens is 1. The zero-order valence-electron chi connectivity index (χ0n) is 15.7. The summed E-state index contributed by atoms with van der Waals surface area (Å²) in [5.74, 6) is -0.932. The summed E-state index contributed by atoms with van der Waals surface area (Å²) in [6.07, 6.45) is 1.58. The zero-order chi connectivity index (χ0) is 20.4. The Hall–Kier alpha value is -3.31. The molecule has 0 saturated carbocycles. The lowest BCUT2D eigenvalue weighted by molar-refractivity contribution is -0.146. The lowest BCUT2D eigenvalue weighted by Gasteiger charge is -2.08. The number of ether oxygens (including phenoxy) is 1. The van der Waals surface area contributed by atoms with Crippen molar-refractivity contribution < 1.29 is 18.7 Å². The van der Waals surface area contributed by atoms with E-state index in [1.807, 2.05) is 43.3 Å². The molecule has 0 spiro atoms. The summed E-state index contributed by atoms with van der Waals surface area (Å²) < 4.78 is 10.7. The summed E-state index contributed by atoms with van der Waals surface area (Å²) in [7, 11) is 0. The van der Waals surface area contributed by atoms with Crippen LogP contribution in [0.2, 0.25) is 5.02 Å². The fraction of sp³-hybridized carbons (Fsp3) is 0.130. The van der Waals surface area contributed by atoms with Gasteiger partial charge in [-0.05, 0) is 41.5 Å². The van der Waals surface area contributed by atoms with E-state index >= 15 is 0 Å². The molecule has 0 aliphatic heterocycles. The van der Waals surface area contributed by atoms with Crippen molar-refractivity contribution in [2.75, 3.05) is 11.9 Å². The quantitative estimate of drug-likeness (QED) is 0.457. The summed E-state index contributed by atoms with van der Waals surface area (Å²) in [4.78, 5) is 24.3. The summed E-state index contributed by atoms with van der Waals surface area (Å²) in [5, 5.41) is 6.17. The number of hydrogen-bond acceptors (Lipinski definition) is 4. The molecule has 146 valence electrons. The van der Waals surface area contributed by atoms with Crippen LogP contribution < -0.4 is 5.32 Å². The number of nitrogens with one attached hydrogen (secondary N) is 1. The molecule has 0 saturated heterocycles. The lowest BCUT2D eigenvalue weighted by Crippen LogP contribution is -2.21. The van der Waals surface area contributed by atoms with Gasteiger partial charge in [0, 0.05) is 21.7 Å². The van der Waals surface area contributed by atoms with Crippen LogP contribution in [0.25, 0.3) is 21.7 Å². The predicted octanol–water partition coefficient (Wildman–Crippen LogP) is 5.27. The number of carbonyl (C=O) groups excluding carboxylic acids is 2. The minimum absolute atomic E-state index is 0.0185. The molecule has 1 amide bonds. The number of benzene rings is 3. The number of rotatable bonds is 5. The maximum atomic E-state index is 12.3. The maximum Gasteiger partial charge on any atom is 0.310 e. The van der Waals surface area contributed by atoms with E-state index in [0.29, 0.717) is 16.3 Å². The van der Waals surface area contributed by atoms with Crippen LogP contribution in [0, 0.1) is 6.92 Å². The molecule has 0 aliphatic rings. The van der Waals surface area contributed by atoms with E-state index in [0.717, 1.165) is 27.3 Å². The summed E-state index contributed by atoms with van der Waals surface area (Å²) in [6.45, 7) is 1.50. The molecule has 0 atom stereocenters. The number of hydrogen-bond donors (Lipinski definition) is 1. The third kappa shape index (κ3) is 4.10. The van der Waals surface area contributed by atoms with Crippen LogP contribution in [-0.2, 0) is 20.7 Å². The molecule has 6 heteroatoms. The second kappa shape index (κ2) is 7.97.